The van der Waals surface area contributed by atoms with E-state index in [1.54, 1.807) is 11.3 Å². The SMILES string of the molecule is O=C(NCc1ccc(-c2nc(-c3ccccc3)cs2)cc1)c1ccc(Cl)c([N+](=O)[O-])c1. The lowest BCUT2D eigenvalue weighted by atomic mass is 10.1. The molecule has 0 saturated heterocycles. The van der Waals surface area contributed by atoms with Crippen molar-refractivity contribution >= 4 is 34.5 Å². The molecule has 0 aliphatic carbocycles. The summed E-state index contributed by atoms with van der Waals surface area (Å²) < 4.78 is 0. The Labute approximate surface area is 187 Å². The van der Waals surface area contributed by atoms with Crippen molar-refractivity contribution in [3.63, 3.8) is 0 Å². The Balaban J connectivity index is 1.41. The number of nitro benzene ring substituents is 1. The first-order valence-corrected chi connectivity index (χ1v) is 10.6. The van der Waals surface area contributed by atoms with Crippen molar-refractivity contribution in [1.82, 2.24) is 10.3 Å². The Morgan fingerprint density at radius 3 is 2.48 bits per heavy atom. The predicted octanol–water partition coefficient (Wildman–Crippen LogP) is 5.97. The molecule has 154 valence electrons. The van der Waals surface area contributed by atoms with E-state index in [1.165, 1.54) is 18.2 Å². The van der Waals surface area contributed by atoms with Gasteiger partial charge in [0, 0.05) is 34.7 Å². The third-order valence-electron chi connectivity index (χ3n) is 4.63. The van der Waals surface area contributed by atoms with Gasteiger partial charge in [-0.25, -0.2) is 4.98 Å². The fraction of sp³-hybridized carbons (Fsp3) is 0.0435. The number of amides is 1. The molecule has 0 radical (unpaired) electrons. The summed E-state index contributed by atoms with van der Waals surface area (Å²) in [7, 11) is 0. The normalized spacial score (nSPS) is 10.6. The number of carbonyl (C=O) groups excluding carboxylic acids is 1. The maximum absolute atomic E-state index is 12.3. The molecule has 0 bridgehead atoms. The second-order valence-electron chi connectivity index (χ2n) is 6.71. The smallest absolute Gasteiger partial charge is 0.288 e. The number of hydrogen-bond donors (Lipinski definition) is 1. The summed E-state index contributed by atoms with van der Waals surface area (Å²) >= 11 is 7.37. The predicted molar refractivity (Wildman–Crippen MR) is 122 cm³/mol. The summed E-state index contributed by atoms with van der Waals surface area (Å²) in [5.41, 5.74) is 3.80. The Kier molecular flexibility index (Phi) is 6.06. The highest BCUT2D eigenvalue weighted by Crippen LogP contribution is 2.29. The van der Waals surface area contributed by atoms with E-state index in [2.05, 4.69) is 5.32 Å². The Morgan fingerprint density at radius 1 is 1.03 bits per heavy atom. The lowest BCUT2D eigenvalue weighted by Gasteiger charge is -2.07. The van der Waals surface area contributed by atoms with Crippen molar-refractivity contribution in [3.05, 3.63) is 104 Å². The maximum atomic E-state index is 12.3. The van der Waals surface area contributed by atoms with E-state index in [9.17, 15) is 14.9 Å². The molecule has 6 nitrogen and oxygen atoms in total. The topological polar surface area (TPSA) is 85.1 Å². The van der Waals surface area contributed by atoms with Crippen LogP contribution in [0.3, 0.4) is 0 Å². The van der Waals surface area contributed by atoms with Crippen LogP contribution in [0.2, 0.25) is 5.02 Å². The van der Waals surface area contributed by atoms with Gasteiger partial charge < -0.3 is 5.32 Å². The van der Waals surface area contributed by atoms with E-state index in [0.717, 1.165) is 27.4 Å². The molecule has 31 heavy (non-hydrogen) atoms. The quantitative estimate of drug-likeness (QED) is 0.290. The molecule has 8 heteroatoms. The molecule has 0 aliphatic heterocycles. The monoisotopic (exact) mass is 449 g/mol. The van der Waals surface area contributed by atoms with Crippen LogP contribution < -0.4 is 5.32 Å². The molecule has 0 spiro atoms. The van der Waals surface area contributed by atoms with Crippen molar-refractivity contribution in [1.29, 1.82) is 0 Å². The molecule has 0 unspecified atom stereocenters. The molecule has 0 atom stereocenters. The molecule has 0 saturated carbocycles. The molecule has 4 rings (SSSR count). The number of rotatable bonds is 6. The highest BCUT2D eigenvalue weighted by atomic mass is 35.5. The molecule has 3 aromatic carbocycles. The number of nitrogens with one attached hydrogen (secondary N) is 1. The average Bonchev–Trinajstić information content (AvgIpc) is 3.29. The second-order valence-corrected chi connectivity index (χ2v) is 7.97. The standard InChI is InChI=1S/C23H16ClN3O3S/c24-19-11-10-18(12-21(19)27(29)30)22(28)25-13-15-6-8-17(9-7-15)23-26-20(14-31-23)16-4-2-1-3-5-16/h1-12,14H,13H2,(H,25,28). The zero-order valence-corrected chi connectivity index (χ0v) is 17.7. The van der Waals surface area contributed by atoms with Gasteiger partial charge in [-0.05, 0) is 17.7 Å². The van der Waals surface area contributed by atoms with Crippen LogP contribution in [0.4, 0.5) is 5.69 Å². The van der Waals surface area contributed by atoms with Gasteiger partial charge >= 0.3 is 0 Å². The number of nitro groups is 1. The number of aromatic nitrogens is 1. The van der Waals surface area contributed by atoms with Gasteiger partial charge in [0.25, 0.3) is 11.6 Å². The minimum absolute atomic E-state index is 0.00486. The minimum Gasteiger partial charge on any atom is -0.348 e. The van der Waals surface area contributed by atoms with E-state index < -0.39 is 10.8 Å². The van der Waals surface area contributed by atoms with Crippen LogP contribution in [0.25, 0.3) is 21.8 Å². The third kappa shape index (κ3) is 4.79. The van der Waals surface area contributed by atoms with Crippen LogP contribution >= 0.6 is 22.9 Å². The summed E-state index contributed by atoms with van der Waals surface area (Å²) in [6.07, 6.45) is 0. The number of hydrogen-bond acceptors (Lipinski definition) is 5. The van der Waals surface area contributed by atoms with Crippen molar-refractivity contribution in [2.75, 3.05) is 0 Å². The van der Waals surface area contributed by atoms with Gasteiger partial charge in [0.2, 0.25) is 0 Å². The van der Waals surface area contributed by atoms with Crippen molar-refractivity contribution in [2.45, 2.75) is 6.54 Å². The van der Waals surface area contributed by atoms with E-state index in [0.29, 0.717) is 6.54 Å². The fourth-order valence-corrected chi connectivity index (χ4v) is 4.01. The Hall–Kier alpha value is -3.55. The zero-order chi connectivity index (χ0) is 21.8. The molecule has 1 N–H and O–H groups in total. The van der Waals surface area contributed by atoms with Crippen LogP contribution in [0.15, 0.2) is 78.2 Å². The number of benzene rings is 3. The first-order valence-electron chi connectivity index (χ1n) is 9.33. The first-order chi connectivity index (χ1) is 15.0. The number of halogens is 1. The minimum atomic E-state index is -0.611. The van der Waals surface area contributed by atoms with Crippen LogP contribution in [-0.4, -0.2) is 15.8 Å². The van der Waals surface area contributed by atoms with Crippen molar-refractivity contribution in [3.8, 4) is 21.8 Å². The van der Waals surface area contributed by atoms with Gasteiger partial charge in [0.1, 0.15) is 10.0 Å². The van der Waals surface area contributed by atoms with E-state index in [4.69, 9.17) is 16.6 Å². The van der Waals surface area contributed by atoms with Gasteiger partial charge in [-0.1, -0.05) is 66.2 Å². The summed E-state index contributed by atoms with van der Waals surface area (Å²) in [6, 6.07) is 21.7. The van der Waals surface area contributed by atoms with Gasteiger partial charge in [-0.2, -0.15) is 0 Å². The largest absolute Gasteiger partial charge is 0.348 e. The maximum Gasteiger partial charge on any atom is 0.288 e. The summed E-state index contributed by atoms with van der Waals surface area (Å²) in [6.45, 7) is 0.294. The van der Waals surface area contributed by atoms with Crippen LogP contribution in [-0.2, 0) is 6.54 Å². The van der Waals surface area contributed by atoms with E-state index in [-0.39, 0.29) is 16.3 Å². The summed E-state index contributed by atoms with van der Waals surface area (Å²) in [5.74, 6) is -0.406. The Morgan fingerprint density at radius 2 is 1.77 bits per heavy atom. The van der Waals surface area contributed by atoms with Gasteiger partial charge in [-0.3, -0.25) is 14.9 Å². The molecular formula is C23H16ClN3O3S. The highest BCUT2D eigenvalue weighted by molar-refractivity contribution is 7.13. The zero-order valence-electron chi connectivity index (χ0n) is 16.1. The number of carbonyl (C=O) groups is 1. The first kappa shape index (κ1) is 20.7. The summed E-state index contributed by atoms with van der Waals surface area (Å²) in [5, 5.41) is 16.7. The summed E-state index contributed by atoms with van der Waals surface area (Å²) in [4.78, 5) is 27.4. The lowest BCUT2D eigenvalue weighted by molar-refractivity contribution is -0.384. The third-order valence-corrected chi connectivity index (χ3v) is 5.84. The number of thiazole rings is 1. The molecule has 0 fully saturated rings. The lowest BCUT2D eigenvalue weighted by Crippen LogP contribution is -2.22. The molecule has 4 aromatic rings. The van der Waals surface area contributed by atoms with E-state index in [1.807, 2.05) is 60.0 Å². The van der Waals surface area contributed by atoms with Crippen LogP contribution in [0.5, 0.6) is 0 Å². The molecule has 1 amide bonds. The van der Waals surface area contributed by atoms with Crippen LogP contribution in [0, 0.1) is 10.1 Å². The second kappa shape index (κ2) is 9.07. The van der Waals surface area contributed by atoms with Gasteiger partial charge in [0.05, 0.1) is 10.6 Å². The van der Waals surface area contributed by atoms with Gasteiger partial charge in [-0.15, -0.1) is 11.3 Å². The molecule has 1 heterocycles. The van der Waals surface area contributed by atoms with Crippen molar-refractivity contribution < 1.29 is 9.72 Å². The molecule has 0 aliphatic rings. The Bertz CT molecular complexity index is 1240. The number of nitrogens with zero attached hydrogens (tertiary/aromatic N) is 2. The average molecular weight is 450 g/mol. The van der Waals surface area contributed by atoms with Crippen LogP contribution in [0.1, 0.15) is 15.9 Å². The van der Waals surface area contributed by atoms with Gasteiger partial charge in [0.15, 0.2) is 0 Å². The van der Waals surface area contributed by atoms with Crippen molar-refractivity contribution in [2.24, 2.45) is 0 Å². The fourth-order valence-electron chi connectivity index (χ4n) is 2.99. The molecular weight excluding hydrogens is 434 g/mol. The molecule has 1 aromatic heterocycles. The highest BCUT2D eigenvalue weighted by Gasteiger charge is 2.16. The van der Waals surface area contributed by atoms with E-state index >= 15 is 0 Å².